The largest absolute Gasteiger partial charge is 0.334 e. The first kappa shape index (κ1) is 17.2. The predicted molar refractivity (Wildman–Crippen MR) is 107 cm³/mol. The van der Waals surface area contributed by atoms with Crippen LogP contribution in [0.1, 0.15) is 32.9 Å². The van der Waals surface area contributed by atoms with E-state index in [0.717, 1.165) is 48.5 Å². The third-order valence-electron chi connectivity index (χ3n) is 5.19. The number of thiazole rings is 1. The van der Waals surface area contributed by atoms with E-state index >= 15 is 0 Å². The summed E-state index contributed by atoms with van der Waals surface area (Å²) in [5.41, 5.74) is 6.80. The maximum Gasteiger partial charge on any atom is 0.254 e. The van der Waals surface area contributed by atoms with Crippen molar-refractivity contribution in [3.05, 3.63) is 55.5 Å². The highest BCUT2D eigenvalue weighted by atomic mass is 35.5. The Labute approximate surface area is 170 Å². The predicted octanol–water partition coefficient (Wildman–Crippen LogP) is 4.46. The Hall–Kier alpha value is -1.89. The van der Waals surface area contributed by atoms with E-state index in [1.54, 1.807) is 29.5 Å². The average molecular weight is 419 g/mol. The van der Waals surface area contributed by atoms with Crippen LogP contribution in [-0.4, -0.2) is 32.1 Å². The zero-order valence-electron chi connectivity index (χ0n) is 14.4. The summed E-state index contributed by atoms with van der Waals surface area (Å²) in [5.74, 6) is -0.0358. The van der Waals surface area contributed by atoms with Crippen LogP contribution in [-0.2, 0) is 25.9 Å². The number of aryl methyl sites for hydroxylation is 2. The third kappa shape index (κ3) is 2.87. The molecular formula is C19H16Cl2N4OS. The van der Waals surface area contributed by atoms with E-state index in [9.17, 15) is 4.79 Å². The van der Waals surface area contributed by atoms with Crippen molar-refractivity contribution in [3.63, 3.8) is 0 Å². The van der Waals surface area contributed by atoms with Crippen LogP contribution in [0.3, 0.4) is 0 Å². The summed E-state index contributed by atoms with van der Waals surface area (Å²) in [6.07, 6.45) is 2.85. The highest BCUT2D eigenvalue weighted by Crippen LogP contribution is 2.36. The quantitative estimate of drug-likeness (QED) is 0.585. The van der Waals surface area contributed by atoms with Gasteiger partial charge in [-0.1, -0.05) is 23.2 Å². The second kappa shape index (κ2) is 6.62. The Balaban J connectivity index is 1.51. The molecule has 0 aliphatic carbocycles. The van der Waals surface area contributed by atoms with Gasteiger partial charge in [-0.2, -0.15) is 5.10 Å². The summed E-state index contributed by atoms with van der Waals surface area (Å²) >= 11 is 13.8. The number of nitrogens with zero attached hydrogens (tertiary/aromatic N) is 4. The lowest BCUT2D eigenvalue weighted by Gasteiger charge is -2.27. The molecule has 8 heteroatoms. The smallest absolute Gasteiger partial charge is 0.254 e. The van der Waals surface area contributed by atoms with Crippen LogP contribution in [0.4, 0.5) is 0 Å². The third-order valence-corrected chi connectivity index (χ3v) is 6.83. The molecular weight excluding hydrogens is 403 g/mol. The fourth-order valence-electron chi connectivity index (χ4n) is 3.87. The lowest BCUT2D eigenvalue weighted by atomic mass is 10.0. The van der Waals surface area contributed by atoms with Gasteiger partial charge in [-0.15, -0.1) is 11.3 Å². The zero-order chi connectivity index (χ0) is 18.5. The fourth-order valence-corrected chi connectivity index (χ4v) is 4.98. The van der Waals surface area contributed by atoms with Gasteiger partial charge in [0, 0.05) is 35.5 Å². The van der Waals surface area contributed by atoms with E-state index in [1.807, 2.05) is 10.4 Å². The van der Waals surface area contributed by atoms with Gasteiger partial charge in [-0.25, -0.2) is 4.98 Å². The van der Waals surface area contributed by atoms with E-state index in [2.05, 4.69) is 9.67 Å². The molecule has 0 saturated carbocycles. The van der Waals surface area contributed by atoms with Gasteiger partial charge in [0.25, 0.3) is 5.91 Å². The van der Waals surface area contributed by atoms with Gasteiger partial charge in [-0.3, -0.25) is 9.48 Å². The second-order valence-corrected chi connectivity index (χ2v) is 8.58. The number of benzene rings is 1. The first-order valence-corrected chi connectivity index (χ1v) is 10.5. The Morgan fingerprint density at radius 1 is 1.15 bits per heavy atom. The van der Waals surface area contributed by atoms with Gasteiger partial charge >= 0.3 is 0 Å². The maximum absolute atomic E-state index is 13.0. The van der Waals surface area contributed by atoms with Crippen molar-refractivity contribution >= 4 is 40.4 Å². The molecule has 3 aromatic rings. The average Bonchev–Trinajstić information content (AvgIpc) is 3.23. The standard InChI is InChI=1S/C19H16Cl2N4OS/c20-13-4-3-11(8-14(13)21)19(26)24-7-5-15-12(9-24)18-17-16(27-10-22-17)2-1-6-25(18)23-15/h3-4,8,10H,1-2,5-7,9H2. The molecule has 4 heterocycles. The number of halogens is 2. The van der Waals surface area contributed by atoms with Crippen LogP contribution in [0.25, 0.3) is 11.4 Å². The van der Waals surface area contributed by atoms with E-state index in [0.29, 0.717) is 28.7 Å². The van der Waals surface area contributed by atoms with Crippen molar-refractivity contribution in [2.45, 2.75) is 32.4 Å². The summed E-state index contributed by atoms with van der Waals surface area (Å²) in [6, 6.07) is 5.03. The van der Waals surface area contributed by atoms with Gasteiger partial charge in [0.05, 0.1) is 33.5 Å². The molecule has 1 aromatic carbocycles. The minimum absolute atomic E-state index is 0.0358. The molecule has 2 aliphatic rings. The monoisotopic (exact) mass is 418 g/mol. The van der Waals surface area contributed by atoms with Crippen LogP contribution in [0.5, 0.6) is 0 Å². The summed E-state index contributed by atoms with van der Waals surface area (Å²) < 4.78 is 2.09. The minimum Gasteiger partial charge on any atom is -0.334 e. The van der Waals surface area contributed by atoms with Crippen molar-refractivity contribution in [1.29, 1.82) is 0 Å². The molecule has 2 aliphatic heterocycles. The Morgan fingerprint density at radius 3 is 2.89 bits per heavy atom. The number of carbonyl (C=O) groups is 1. The molecule has 1 amide bonds. The number of fused-ring (bicyclic) bond motifs is 5. The van der Waals surface area contributed by atoms with Gasteiger partial charge in [0.15, 0.2) is 0 Å². The number of aromatic nitrogens is 3. The van der Waals surface area contributed by atoms with Crippen molar-refractivity contribution in [2.24, 2.45) is 0 Å². The van der Waals surface area contributed by atoms with Crippen LogP contribution < -0.4 is 0 Å². The van der Waals surface area contributed by atoms with Gasteiger partial charge in [0.1, 0.15) is 5.69 Å². The van der Waals surface area contributed by atoms with Gasteiger partial charge < -0.3 is 4.90 Å². The topological polar surface area (TPSA) is 51.0 Å². The minimum atomic E-state index is -0.0358. The zero-order valence-corrected chi connectivity index (χ0v) is 16.7. The number of amides is 1. The lowest BCUT2D eigenvalue weighted by Crippen LogP contribution is -2.36. The molecule has 0 unspecified atom stereocenters. The molecule has 2 aromatic heterocycles. The van der Waals surface area contributed by atoms with E-state index < -0.39 is 0 Å². The highest BCUT2D eigenvalue weighted by molar-refractivity contribution is 7.10. The lowest BCUT2D eigenvalue weighted by molar-refractivity contribution is 0.0734. The molecule has 0 fully saturated rings. The first-order valence-electron chi connectivity index (χ1n) is 8.87. The van der Waals surface area contributed by atoms with E-state index in [1.165, 1.54) is 4.88 Å². The van der Waals surface area contributed by atoms with Crippen LogP contribution in [0, 0.1) is 0 Å². The number of hydrogen-bond acceptors (Lipinski definition) is 4. The molecule has 5 rings (SSSR count). The maximum atomic E-state index is 13.0. The molecule has 0 atom stereocenters. The molecule has 5 nitrogen and oxygen atoms in total. The number of rotatable bonds is 1. The molecule has 0 N–H and O–H groups in total. The summed E-state index contributed by atoms with van der Waals surface area (Å²) in [6.45, 7) is 2.08. The van der Waals surface area contributed by atoms with E-state index in [-0.39, 0.29) is 5.91 Å². The molecule has 0 saturated heterocycles. The summed E-state index contributed by atoms with van der Waals surface area (Å²) in [5, 5.41) is 5.67. The van der Waals surface area contributed by atoms with Crippen LogP contribution in [0.15, 0.2) is 23.7 Å². The molecule has 138 valence electrons. The fraction of sp³-hybridized carbons (Fsp3) is 0.316. The van der Waals surface area contributed by atoms with E-state index in [4.69, 9.17) is 28.3 Å². The van der Waals surface area contributed by atoms with Gasteiger partial charge in [0.2, 0.25) is 0 Å². The van der Waals surface area contributed by atoms with Gasteiger partial charge in [-0.05, 0) is 31.0 Å². The Kier molecular flexibility index (Phi) is 4.22. The molecule has 27 heavy (non-hydrogen) atoms. The SMILES string of the molecule is O=C(c1ccc(Cl)c(Cl)c1)N1CCc2nn3c(c2C1)-c1ncsc1CCC3. The Morgan fingerprint density at radius 2 is 2.04 bits per heavy atom. The number of hydrogen-bond donors (Lipinski definition) is 0. The van der Waals surface area contributed by atoms with Crippen LogP contribution >= 0.6 is 34.5 Å². The molecule has 0 spiro atoms. The highest BCUT2D eigenvalue weighted by Gasteiger charge is 2.31. The van der Waals surface area contributed by atoms with Crippen LogP contribution in [0.2, 0.25) is 10.0 Å². The van der Waals surface area contributed by atoms with Crippen molar-refractivity contribution in [3.8, 4) is 11.4 Å². The van der Waals surface area contributed by atoms with Crippen molar-refractivity contribution < 1.29 is 4.79 Å². The second-order valence-electron chi connectivity index (χ2n) is 6.83. The molecule has 0 radical (unpaired) electrons. The Bertz CT molecular complexity index is 1060. The normalized spacial score (nSPS) is 15.7. The summed E-state index contributed by atoms with van der Waals surface area (Å²) in [4.78, 5) is 20.8. The van der Waals surface area contributed by atoms with Crippen molar-refractivity contribution in [2.75, 3.05) is 6.54 Å². The molecule has 0 bridgehead atoms. The number of carbonyl (C=O) groups excluding carboxylic acids is 1. The van der Waals surface area contributed by atoms with Crippen molar-refractivity contribution in [1.82, 2.24) is 19.7 Å². The summed E-state index contributed by atoms with van der Waals surface area (Å²) in [7, 11) is 0. The first-order chi connectivity index (χ1) is 13.1.